The minimum absolute atomic E-state index is 0.643. The van der Waals surface area contributed by atoms with Crippen molar-refractivity contribution in [3.8, 4) is 0 Å². The number of aromatic amines is 1. The van der Waals surface area contributed by atoms with E-state index in [4.69, 9.17) is 0 Å². The Hall–Kier alpha value is -1.51. The lowest BCUT2D eigenvalue weighted by molar-refractivity contribution is 0.327. The Morgan fingerprint density at radius 1 is 1.39 bits per heavy atom. The number of hydrogen-bond donors (Lipinski definition) is 2. The molecular weight excluding hydrogens is 222 g/mol. The second-order valence-corrected chi connectivity index (χ2v) is 5.45. The maximum Gasteiger partial charge on any atom is 0.0670 e. The summed E-state index contributed by atoms with van der Waals surface area (Å²) in [6.45, 7) is 2.31. The summed E-state index contributed by atoms with van der Waals surface area (Å²) in [5.74, 6) is 0.909. The van der Waals surface area contributed by atoms with Crippen LogP contribution in [0.5, 0.6) is 0 Å². The van der Waals surface area contributed by atoms with E-state index in [9.17, 15) is 0 Å². The van der Waals surface area contributed by atoms with Crippen LogP contribution in [0.3, 0.4) is 0 Å². The maximum atomic E-state index is 4.06. The van der Waals surface area contributed by atoms with Gasteiger partial charge in [0, 0.05) is 17.1 Å². The second-order valence-electron chi connectivity index (χ2n) is 5.45. The number of aromatic nitrogens is 2. The molecule has 1 aromatic heterocycles. The van der Waals surface area contributed by atoms with E-state index < -0.39 is 0 Å². The molecule has 0 saturated heterocycles. The highest BCUT2D eigenvalue weighted by Crippen LogP contribution is 2.29. The van der Waals surface area contributed by atoms with Gasteiger partial charge in [-0.15, -0.1) is 0 Å². The third-order valence-corrected chi connectivity index (χ3v) is 4.17. The summed E-state index contributed by atoms with van der Waals surface area (Å²) in [4.78, 5) is 0. The molecule has 2 atom stereocenters. The van der Waals surface area contributed by atoms with Crippen LogP contribution in [-0.4, -0.2) is 16.2 Å². The fourth-order valence-electron chi connectivity index (χ4n) is 3.06. The Bertz CT molecular complexity index is 517. The monoisotopic (exact) mass is 243 g/mol. The van der Waals surface area contributed by atoms with Gasteiger partial charge in [0.2, 0.25) is 0 Å². The van der Waals surface area contributed by atoms with Crippen LogP contribution in [0.2, 0.25) is 0 Å². The van der Waals surface area contributed by atoms with Crippen LogP contribution in [0.25, 0.3) is 10.9 Å². The molecule has 2 unspecified atom stereocenters. The van der Waals surface area contributed by atoms with Gasteiger partial charge in [-0.3, -0.25) is 5.10 Å². The fraction of sp³-hybridized carbons (Fsp3) is 0.533. The van der Waals surface area contributed by atoms with Gasteiger partial charge in [0.1, 0.15) is 0 Å². The molecule has 2 aromatic rings. The van der Waals surface area contributed by atoms with Crippen molar-refractivity contribution in [2.45, 2.75) is 45.1 Å². The van der Waals surface area contributed by atoms with Gasteiger partial charge in [-0.2, -0.15) is 5.10 Å². The zero-order valence-corrected chi connectivity index (χ0v) is 10.9. The lowest BCUT2D eigenvalue weighted by Gasteiger charge is -2.29. The average molecular weight is 243 g/mol. The Balaban J connectivity index is 1.71. The van der Waals surface area contributed by atoms with E-state index >= 15 is 0 Å². The van der Waals surface area contributed by atoms with E-state index in [2.05, 4.69) is 40.6 Å². The van der Waals surface area contributed by atoms with Crippen molar-refractivity contribution in [3.63, 3.8) is 0 Å². The number of nitrogens with zero attached hydrogens (tertiary/aromatic N) is 1. The van der Waals surface area contributed by atoms with Crippen LogP contribution >= 0.6 is 0 Å². The summed E-state index contributed by atoms with van der Waals surface area (Å²) in [5, 5.41) is 11.9. The standard InChI is InChI=1S/C15H21N3/c1-2-11-4-3-5-13(8-11)17-14-7-6-12-10-16-18-15(12)9-14/h6-7,9-11,13,17H,2-5,8H2,1H3,(H,16,18). The predicted octanol–water partition coefficient (Wildman–Crippen LogP) is 3.94. The normalized spacial score (nSPS) is 24.3. The van der Waals surface area contributed by atoms with E-state index in [0.29, 0.717) is 6.04 Å². The number of nitrogens with one attached hydrogen (secondary N) is 2. The van der Waals surface area contributed by atoms with E-state index in [0.717, 1.165) is 11.4 Å². The number of hydrogen-bond acceptors (Lipinski definition) is 2. The molecule has 0 amide bonds. The SMILES string of the molecule is CCC1CCCC(Nc2ccc3cn[nH]c3c2)C1. The summed E-state index contributed by atoms with van der Waals surface area (Å²) >= 11 is 0. The first-order chi connectivity index (χ1) is 8.85. The van der Waals surface area contributed by atoms with Gasteiger partial charge in [-0.05, 0) is 37.0 Å². The molecule has 3 heteroatoms. The molecular formula is C15H21N3. The third-order valence-electron chi connectivity index (χ3n) is 4.17. The largest absolute Gasteiger partial charge is 0.382 e. The Labute approximate surface area is 108 Å². The van der Waals surface area contributed by atoms with Crippen molar-refractivity contribution < 1.29 is 0 Å². The zero-order chi connectivity index (χ0) is 12.4. The highest BCUT2D eigenvalue weighted by atomic mass is 15.1. The summed E-state index contributed by atoms with van der Waals surface area (Å²) in [6.07, 6.45) is 8.58. The van der Waals surface area contributed by atoms with Crippen molar-refractivity contribution >= 4 is 16.6 Å². The molecule has 3 rings (SSSR count). The number of fused-ring (bicyclic) bond motifs is 1. The van der Waals surface area contributed by atoms with E-state index in [1.807, 2.05) is 6.20 Å². The van der Waals surface area contributed by atoms with Gasteiger partial charge in [-0.25, -0.2) is 0 Å². The predicted molar refractivity (Wildman–Crippen MR) is 75.8 cm³/mol. The quantitative estimate of drug-likeness (QED) is 0.857. The molecule has 2 N–H and O–H groups in total. The molecule has 0 radical (unpaired) electrons. The molecule has 1 aliphatic carbocycles. The summed E-state index contributed by atoms with van der Waals surface area (Å²) in [5.41, 5.74) is 2.33. The minimum Gasteiger partial charge on any atom is -0.382 e. The first-order valence-corrected chi connectivity index (χ1v) is 7.05. The van der Waals surface area contributed by atoms with Gasteiger partial charge in [0.05, 0.1) is 11.7 Å². The highest BCUT2D eigenvalue weighted by Gasteiger charge is 2.20. The Morgan fingerprint density at radius 2 is 2.33 bits per heavy atom. The van der Waals surface area contributed by atoms with Crippen molar-refractivity contribution in [1.29, 1.82) is 0 Å². The molecule has 0 spiro atoms. The van der Waals surface area contributed by atoms with E-state index in [-0.39, 0.29) is 0 Å². The first kappa shape index (κ1) is 11.6. The molecule has 1 saturated carbocycles. The average Bonchev–Trinajstić information content (AvgIpc) is 2.86. The molecule has 1 aromatic carbocycles. The van der Waals surface area contributed by atoms with Crippen molar-refractivity contribution in [1.82, 2.24) is 10.2 Å². The number of anilines is 1. The van der Waals surface area contributed by atoms with Crippen molar-refractivity contribution in [2.24, 2.45) is 5.92 Å². The van der Waals surface area contributed by atoms with Crippen LogP contribution < -0.4 is 5.32 Å². The third kappa shape index (κ3) is 2.35. The van der Waals surface area contributed by atoms with Crippen LogP contribution in [0.15, 0.2) is 24.4 Å². The molecule has 1 heterocycles. The van der Waals surface area contributed by atoms with Gasteiger partial charge in [-0.1, -0.05) is 26.2 Å². The van der Waals surface area contributed by atoms with Crippen LogP contribution in [0.4, 0.5) is 5.69 Å². The van der Waals surface area contributed by atoms with Crippen LogP contribution in [-0.2, 0) is 0 Å². The maximum absolute atomic E-state index is 4.06. The van der Waals surface area contributed by atoms with Gasteiger partial charge < -0.3 is 5.32 Å². The smallest absolute Gasteiger partial charge is 0.0670 e. The molecule has 0 aliphatic heterocycles. The number of rotatable bonds is 3. The second kappa shape index (κ2) is 5.01. The molecule has 18 heavy (non-hydrogen) atoms. The molecule has 3 nitrogen and oxygen atoms in total. The summed E-state index contributed by atoms with van der Waals surface area (Å²) < 4.78 is 0. The molecule has 96 valence electrons. The number of H-pyrrole nitrogens is 1. The Kier molecular flexibility index (Phi) is 3.22. The van der Waals surface area contributed by atoms with Gasteiger partial charge in [0.25, 0.3) is 0 Å². The van der Waals surface area contributed by atoms with Crippen molar-refractivity contribution in [2.75, 3.05) is 5.32 Å². The van der Waals surface area contributed by atoms with E-state index in [1.165, 1.54) is 43.2 Å². The first-order valence-electron chi connectivity index (χ1n) is 7.05. The van der Waals surface area contributed by atoms with Gasteiger partial charge in [0.15, 0.2) is 0 Å². The topological polar surface area (TPSA) is 40.7 Å². The van der Waals surface area contributed by atoms with E-state index in [1.54, 1.807) is 0 Å². The van der Waals surface area contributed by atoms with Gasteiger partial charge >= 0.3 is 0 Å². The summed E-state index contributed by atoms with van der Waals surface area (Å²) in [6, 6.07) is 7.09. The lowest BCUT2D eigenvalue weighted by Crippen LogP contribution is -2.26. The minimum atomic E-state index is 0.643. The zero-order valence-electron chi connectivity index (χ0n) is 10.9. The Morgan fingerprint density at radius 3 is 3.22 bits per heavy atom. The summed E-state index contributed by atoms with van der Waals surface area (Å²) in [7, 11) is 0. The number of benzene rings is 1. The van der Waals surface area contributed by atoms with Crippen molar-refractivity contribution in [3.05, 3.63) is 24.4 Å². The molecule has 1 fully saturated rings. The molecule has 1 aliphatic rings. The van der Waals surface area contributed by atoms with Crippen LogP contribution in [0, 0.1) is 5.92 Å². The molecule has 0 bridgehead atoms. The lowest BCUT2D eigenvalue weighted by atomic mass is 9.84. The fourth-order valence-corrected chi connectivity index (χ4v) is 3.06. The van der Waals surface area contributed by atoms with Crippen LogP contribution in [0.1, 0.15) is 39.0 Å². The highest BCUT2D eigenvalue weighted by molar-refractivity contribution is 5.81.